The highest BCUT2D eigenvalue weighted by Crippen LogP contribution is 2.34. The molecule has 0 saturated heterocycles. The molecule has 1 aliphatic carbocycles. The Balaban J connectivity index is 1.42. The Kier molecular flexibility index (Phi) is 7.76. The van der Waals surface area contributed by atoms with Gasteiger partial charge < -0.3 is 15.7 Å². The van der Waals surface area contributed by atoms with E-state index in [1.54, 1.807) is 30.6 Å². The first kappa shape index (κ1) is 28.6. The van der Waals surface area contributed by atoms with Crippen LogP contribution in [0.1, 0.15) is 39.2 Å². The Labute approximate surface area is 236 Å². The van der Waals surface area contributed by atoms with Crippen LogP contribution in [0.15, 0.2) is 55.2 Å². The van der Waals surface area contributed by atoms with Gasteiger partial charge in [0.15, 0.2) is 5.82 Å². The second-order valence-electron chi connectivity index (χ2n) is 10.4. The molecule has 0 aromatic carbocycles. The molecule has 218 valence electrons. The van der Waals surface area contributed by atoms with E-state index in [-0.39, 0.29) is 6.04 Å². The average molecular weight is 588 g/mol. The van der Waals surface area contributed by atoms with Crippen molar-refractivity contribution in [1.29, 1.82) is 0 Å². The van der Waals surface area contributed by atoms with E-state index in [0.717, 1.165) is 21.1 Å². The minimum atomic E-state index is -3.68. The average Bonchev–Trinajstić information content (AvgIpc) is 3.62. The molecule has 4 aromatic heterocycles. The number of rotatable bonds is 9. The first-order valence-corrected chi connectivity index (χ1v) is 14.4. The Morgan fingerprint density at radius 2 is 1.88 bits per heavy atom. The third kappa shape index (κ3) is 6.36. The van der Waals surface area contributed by atoms with E-state index >= 15 is 0 Å². The first-order chi connectivity index (χ1) is 19.4. The van der Waals surface area contributed by atoms with Crippen LogP contribution in [0, 0.1) is 0 Å². The van der Waals surface area contributed by atoms with Crippen molar-refractivity contribution in [3.05, 3.63) is 55.2 Å². The number of pyridine rings is 1. The molecule has 41 heavy (non-hydrogen) atoms. The maximum absolute atomic E-state index is 13.2. The standard InChI is InChI=1S/C26H31F2N9O3S/c1-26(38)9-4-18(5-10-26)31-21-14-23(30-15-19(21)20-8-13-37(34-20)25(27)28)32-22-6-11-29-24(33-22)17-7-12-36(16-17)41(39,40)35(2)3/h6-8,11-16,18,25,38H,4-5,9-10H2,1-3H3,(H2,29,30,31,32,33). The summed E-state index contributed by atoms with van der Waals surface area (Å²) in [7, 11) is -0.789. The number of aromatic nitrogens is 6. The summed E-state index contributed by atoms with van der Waals surface area (Å²) in [6, 6.07) is 6.58. The second-order valence-corrected chi connectivity index (χ2v) is 12.4. The van der Waals surface area contributed by atoms with Crippen molar-refractivity contribution in [1.82, 2.24) is 33.0 Å². The number of hydrogen-bond donors (Lipinski definition) is 3. The lowest BCUT2D eigenvalue weighted by molar-refractivity contribution is 0.0196. The highest BCUT2D eigenvalue weighted by Gasteiger charge is 2.29. The molecule has 0 unspecified atom stereocenters. The molecule has 4 aromatic rings. The Bertz CT molecular complexity index is 1630. The summed E-state index contributed by atoms with van der Waals surface area (Å²) in [6.07, 6.45) is 9.91. The van der Waals surface area contributed by atoms with E-state index in [1.165, 1.54) is 38.8 Å². The van der Waals surface area contributed by atoms with E-state index in [0.29, 0.717) is 57.5 Å². The molecule has 5 rings (SSSR count). The maximum Gasteiger partial charge on any atom is 0.333 e. The summed E-state index contributed by atoms with van der Waals surface area (Å²) in [5.74, 6) is 1.16. The van der Waals surface area contributed by atoms with Crippen LogP contribution in [0.25, 0.3) is 22.6 Å². The van der Waals surface area contributed by atoms with Gasteiger partial charge in [-0.15, -0.1) is 0 Å². The third-order valence-electron chi connectivity index (χ3n) is 6.98. The zero-order valence-corrected chi connectivity index (χ0v) is 23.6. The van der Waals surface area contributed by atoms with E-state index in [1.807, 2.05) is 6.92 Å². The van der Waals surface area contributed by atoms with Gasteiger partial charge in [-0.2, -0.15) is 26.6 Å². The van der Waals surface area contributed by atoms with Crippen molar-refractivity contribution >= 4 is 27.5 Å². The SMILES string of the molecule is CN(C)S(=O)(=O)n1ccc(-c2nccc(Nc3cc(NC4CCC(C)(O)CC4)c(-c4ccn(C(F)F)n4)cn3)n2)c1. The molecule has 4 heterocycles. The van der Waals surface area contributed by atoms with Crippen LogP contribution in [0.4, 0.5) is 26.1 Å². The number of halogens is 2. The molecule has 0 bridgehead atoms. The predicted octanol–water partition coefficient (Wildman–Crippen LogP) is 4.10. The largest absolute Gasteiger partial charge is 0.390 e. The van der Waals surface area contributed by atoms with Gasteiger partial charge in [-0.1, -0.05) is 0 Å². The quantitative estimate of drug-likeness (QED) is 0.264. The van der Waals surface area contributed by atoms with Gasteiger partial charge in [0, 0.05) is 74.0 Å². The lowest BCUT2D eigenvalue weighted by Crippen LogP contribution is -2.35. The van der Waals surface area contributed by atoms with Gasteiger partial charge in [0.05, 0.1) is 11.3 Å². The van der Waals surface area contributed by atoms with Crippen LogP contribution >= 0.6 is 0 Å². The summed E-state index contributed by atoms with van der Waals surface area (Å²) < 4.78 is 54.0. The number of nitrogens with one attached hydrogen (secondary N) is 2. The van der Waals surface area contributed by atoms with Crippen molar-refractivity contribution in [2.75, 3.05) is 24.7 Å². The molecule has 1 fully saturated rings. The van der Waals surface area contributed by atoms with Crippen LogP contribution in [0.2, 0.25) is 0 Å². The van der Waals surface area contributed by atoms with Crippen LogP contribution < -0.4 is 10.6 Å². The fourth-order valence-corrected chi connectivity index (χ4v) is 5.42. The molecular weight excluding hydrogens is 556 g/mol. The van der Waals surface area contributed by atoms with E-state index in [9.17, 15) is 22.3 Å². The molecule has 15 heteroatoms. The van der Waals surface area contributed by atoms with E-state index in [2.05, 4.69) is 30.7 Å². The van der Waals surface area contributed by atoms with Crippen molar-refractivity contribution in [2.24, 2.45) is 0 Å². The molecule has 3 N–H and O–H groups in total. The number of aliphatic hydroxyl groups is 1. The normalized spacial score (nSPS) is 19.6. The Hall–Kier alpha value is -3.95. The molecule has 0 amide bonds. The third-order valence-corrected chi connectivity index (χ3v) is 8.66. The van der Waals surface area contributed by atoms with Crippen molar-refractivity contribution in [2.45, 2.75) is 50.8 Å². The zero-order chi connectivity index (χ0) is 29.4. The zero-order valence-electron chi connectivity index (χ0n) is 22.7. The van der Waals surface area contributed by atoms with E-state index in [4.69, 9.17) is 0 Å². The fraction of sp³-hybridized carbons (Fsp3) is 0.385. The van der Waals surface area contributed by atoms with Gasteiger partial charge in [0.25, 0.3) is 0 Å². The van der Waals surface area contributed by atoms with Gasteiger partial charge >= 0.3 is 16.8 Å². The molecule has 1 saturated carbocycles. The molecule has 0 radical (unpaired) electrons. The molecule has 0 atom stereocenters. The van der Waals surface area contributed by atoms with Crippen molar-refractivity contribution in [3.63, 3.8) is 0 Å². The summed E-state index contributed by atoms with van der Waals surface area (Å²) in [4.78, 5) is 13.2. The lowest BCUT2D eigenvalue weighted by atomic mass is 9.83. The molecule has 12 nitrogen and oxygen atoms in total. The van der Waals surface area contributed by atoms with Gasteiger partial charge in [-0.05, 0) is 50.8 Å². The smallest absolute Gasteiger partial charge is 0.333 e. The summed E-state index contributed by atoms with van der Waals surface area (Å²) in [5, 5.41) is 21.0. The van der Waals surface area contributed by atoms with Crippen LogP contribution in [0.5, 0.6) is 0 Å². The lowest BCUT2D eigenvalue weighted by Gasteiger charge is -2.34. The minimum absolute atomic E-state index is 0.0644. The number of alkyl halides is 2. The first-order valence-electron chi connectivity index (χ1n) is 13.0. The molecule has 0 aliphatic heterocycles. The highest BCUT2D eigenvalue weighted by atomic mass is 32.2. The molecular formula is C26H31F2N9O3S. The topological polar surface area (TPSA) is 143 Å². The van der Waals surface area contributed by atoms with Gasteiger partial charge in [-0.3, -0.25) is 0 Å². The summed E-state index contributed by atoms with van der Waals surface area (Å²) >= 11 is 0. The van der Waals surface area contributed by atoms with Crippen molar-refractivity contribution in [3.8, 4) is 22.6 Å². The van der Waals surface area contributed by atoms with Gasteiger partial charge in [0.2, 0.25) is 0 Å². The maximum atomic E-state index is 13.2. The van der Waals surface area contributed by atoms with Crippen LogP contribution in [-0.4, -0.2) is 72.3 Å². The van der Waals surface area contributed by atoms with Gasteiger partial charge in [-0.25, -0.2) is 23.6 Å². The molecule has 0 spiro atoms. The van der Waals surface area contributed by atoms with Crippen molar-refractivity contribution < 1.29 is 22.3 Å². The second kappa shape index (κ2) is 11.1. The highest BCUT2D eigenvalue weighted by molar-refractivity contribution is 7.87. The fourth-order valence-electron chi connectivity index (χ4n) is 4.58. The van der Waals surface area contributed by atoms with Crippen LogP contribution in [-0.2, 0) is 10.2 Å². The van der Waals surface area contributed by atoms with Crippen LogP contribution in [0.3, 0.4) is 0 Å². The molecule has 1 aliphatic rings. The van der Waals surface area contributed by atoms with E-state index < -0.39 is 22.4 Å². The minimum Gasteiger partial charge on any atom is -0.390 e. The Morgan fingerprint density at radius 1 is 1.12 bits per heavy atom. The Morgan fingerprint density at radius 3 is 2.56 bits per heavy atom. The number of anilines is 3. The number of hydrogen-bond acceptors (Lipinski definition) is 9. The summed E-state index contributed by atoms with van der Waals surface area (Å²) in [6.45, 7) is -0.937. The monoisotopic (exact) mass is 587 g/mol. The summed E-state index contributed by atoms with van der Waals surface area (Å²) in [5.41, 5.74) is 1.35. The van der Waals surface area contributed by atoms with Gasteiger partial charge in [0.1, 0.15) is 11.6 Å². The number of nitrogens with zero attached hydrogens (tertiary/aromatic N) is 7. The predicted molar refractivity (Wildman–Crippen MR) is 150 cm³/mol.